The molecular formula is C4H11NOS. The lowest BCUT2D eigenvalue weighted by molar-refractivity contribution is 0.209. The molecule has 0 aromatic heterocycles. The Morgan fingerprint density at radius 3 is 2.29 bits per heavy atom. The first kappa shape index (κ1) is 7.27. The van der Waals surface area contributed by atoms with E-state index in [9.17, 15) is 0 Å². The summed E-state index contributed by atoms with van der Waals surface area (Å²) in [4.78, 5) is 1.97. The fourth-order valence-corrected chi connectivity index (χ4v) is 0.474. The minimum Gasteiger partial charge on any atom is -0.300 e. The number of nitrogens with zero attached hydrogens (tertiary/aromatic N) is 1. The maximum atomic E-state index is 4.94. The van der Waals surface area contributed by atoms with Crippen LogP contribution in [0.25, 0.3) is 0 Å². The third-order valence-corrected chi connectivity index (χ3v) is 0.770. The van der Waals surface area contributed by atoms with Gasteiger partial charge in [-0.2, -0.15) is 0 Å². The largest absolute Gasteiger partial charge is 0.300 e. The fourth-order valence-electron chi connectivity index (χ4n) is 0.158. The van der Waals surface area contributed by atoms with Gasteiger partial charge in [0.15, 0.2) is 0 Å². The summed E-state index contributed by atoms with van der Waals surface area (Å²) in [6.45, 7) is 0.696. The van der Waals surface area contributed by atoms with E-state index >= 15 is 0 Å². The Balaban J connectivity index is 2.68. The molecule has 7 heavy (non-hydrogen) atoms. The first-order chi connectivity index (χ1) is 3.27. The van der Waals surface area contributed by atoms with E-state index in [4.69, 9.17) is 4.18 Å². The van der Waals surface area contributed by atoms with Crippen molar-refractivity contribution >= 4 is 12.0 Å². The molecule has 2 nitrogen and oxygen atoms in total. The highest BCUT2D eigenvalue weighted by molar-refractivity contribution is 7.93. The summed E-state index contributed by atoms with van der Waals surface area (Å²) in [5, 5.41) is 0. The second-order valence-corrected chi connectivity index (χ2v) is 2.06. The van der Waals surface area contributed by atoms with Crippen LogP contribution in [0.3, 0.4) is 0 Å². The van der Waals surface area contributed by atoms with Crippen LogP contribution >= 0.6 is 12.0 Å². The lowest BCUT2D eigenvalue weighted by atomic mass is 11.0. The summed E-state index contributed by atoms with van der Waals surface area (Å²) in [6, 6.07) is 0. The molecule has 0 radical (unpaired) electrons. The molecule has 0 aliphatic rings. The quantitative estimate of drug-likeness (QED) is 0.405. The van der Waals surface area contributed by atoms with Crippen molar-refractivity contribution in [2.75, 3.05) is 27.1 Å². The number of rotatable bonds is 3. The molecule has 0 unspecified atom stereocenters. The van der Waals surface area contributed by atoms with Crippen LogP contribution in [0.4, 0.5) is 0 Å². The zero-order valence-electron chi connectivity index (χ0n) is 4.97. The first-order valence-corrected chi connectivity index (χ1v) is 3.22. The van der Waals surface area contributed by atoms with Crippen LogP contribution in [0.1, 0.15) is 0 Å². The van der Waals surface area contributed by atoms with E-state index < -0.39 is 0 Å². The highest BCUT2D eigenvalue weighted by Gasteiger charge is 1.83. The summed E-state index contributed by atoms with van der Waals surface area (Å²) in [7, 11) is 3.94. The van der Waals surface area contributed by atoms with E-state index in [-0.39, 0.29) is 0 Å². The molecule has 0 atom stereocenters. The Morgan fingerprint density at radius 2 is 2.14 bits per heavy atom. The van der Waals surface area contributed by atoms with Gasteiger partial charge < -0.3 is 4.18 Å². The fraction of sp³-hybridized carbons (Fsp3) is 1.00. The van der Waals surface area contributed by atoms with E-state index in [2.05, 4.69) is 0 Å². The Kier molecular flexibility index (Phi) is 4.60. The lowest BCUT2D eigenvalue weighted by Gasteiger charge is -2.05. The van der Waals surface area contributed by atoms with Crippen molar-refractivity contribution in [1.29, 1.82) is 0 Å². The molecule has 0 bridgehead atoms. The normalized spacial score (nSPS) is 10.3. The van der Waals surface area contributed by atoms with Gasteiger partial charge in [0.1, 0.15) is 6.73 Å². The molecule has 0 spiro atoms. The predicted molar refractivity (Wildman–Crippen MR) is 33.2 cm³/mol. The van der Waals surface area contributed by atoms with Crippen molar-refractivity contribution in [1.82, 2.24) is 4.90 Å². The zero-order valence-corrected chi connectivity index (χ0v) is 5.79. The van der Waals surface area contributed by atoms with Gasteiger partial charge in [-0.1, -0.05) is 0 Å². The molecule has 0 saturated carbocycles. The van der Waals surface area contributed by atoms with Crippen LogP contribution in [0.15, 0.2) is 0 Å². The monoisotopic (exact) mass is 121 g/mol. The standard InChI is InChI=1S/C4H11NOS/c1-5(2)4-6-7-3/h4H2,1-3H3. The summed E-state index contributed by atoms with van der Waals surface area (Å²) in [6.07, 6.45) is 1.91. The Bertz CT molecular complexity index is 40.7. The highest BCUT2D eigenvalue weighted by atomic mass is 32.2. The maximum absolute atomic E-state index is 4.94. The van der Waals surface area contributed by atoms with E-state index in [1.807, 2.05) is 25.3 Å². The second kappa shape index (κ2) is 4.43. The summed E-state index contributed by atoms with van der Waals surface area (Å²) >= 11 is 1.39. The van der Waals surface area contributed by atoms with E-state index in [0.29, 0.717) is 6.73 Å². The van der Waals surface area contributed by atoms with Crippen molar-refractivity contribution in [2.24, 2.45) is 0 Å². The van der Waals surface area contributed by atoms with Gasteiger partial charge in [0, 0.05) is 6.26 Å². The molecule has 0 aliphatic heterocycles. The van der Waals surface area contributed by atoms with Crippen molar-refractivity contribution in [2.45, 2.75) is 0 Å². The SMILES string of the molecule is CSOCN(C)C. The van der Waals surface area contributed by atoms with E-state index in [1.165, 1.54) is 12.0 Å². The maximum Gasteiger partial charge on any atom is 0.113 e. The van der Waals surface area contributed by atoms with Gasteiger partial charge >= 0.3 is 0 Å². The van der Waals surface area contributed by atoms with Gasteiger partial charge in [-0.05, 0) is 26.1 Å². The van der Waals surface area contributed by atoms with Gasteiger partial charge in [0.2, 0.25) is 0 Å². The lowest BCUT2D eigenvalue weighted by Crippen LogP contribution is -2.13. The minimum absolute atomic E-state index is 0.696. The van der Waals surface area contributed by atoms with E-state index in [0.717, 1.165) is 0 Å². The Hall–Kier alpha value is 0.270. The summed E-state index contributed by atoms with van der Waals surface area (Å²) in [5.74, 6) is 0. The topological polar surface area (TPSA) is 12.5 Å². The average Bonchev–Trinajstić information content (AvgIpc) is 1.61. The van der Waals surface area contributed by atoms with Crippen LogP contribution in [0, 0.1) is 0 Å². The van der Waals surface area contributed by atoms with Crippen LogP contribution in [-0.4, -0.2) is 32.0 Å². The van der Waals surface area contributed by atoms with Crippen molar-refractivity contribution in [3.63, 3.8) is 0 Å². The Morgan fingerprint density at radius 1 is 1.57 bits per heavy atom. The molecule has 0 aromatic rings. The molecule has 0 saturated heterocycles. The minimum atomic E-state index is 0.696. The molecule has 0 fully saturated rings. The smallest absolute Gasteiger partial charge is 0.113 e. The molecule has 0 aliphatic carbocycles. The molecule has 44 valence electrons. The molecule has 0 heterocycles. The average molecular weight is 121 g/mol. The van der Waals surface area contributed by atoms with Crippen LogP contribution in [0.2, 0.25) is 0 Å². The molecule has 0 aromatic carbocycles. The van der Waals surface area contributed by atoms with Gasteiger partial charge in [-0.15, -0.1) is 0 Å². The molecule has 3 heteroatoms. The number of hydrogen-bond donors (Lipinski definition) is 0. The highest BCUT2D eigenvalue weighted by Crippen LogP contribution is 1.92. The van der Waals surface area contributed by atoms with Gasteiger partial charge in [-0.3, -0.25) is 4.90 Å². The van der Waals surface area contributed by atoms with Gasteiger partial charge in [-0.25, -0.2) is 0 Å². The summed E-state index contributed by atoms with van der Waals surface area (Å²) < 4.78 is 4.94. The second-order valence-electron chi connectivity index (χ2n) is 1.49. The van der Waals surface area contributed by atoms with Crippen molar-refractivity contribution < 1.29 is 4.18 Å². The third-order valence-electron chi connectivity index (χ3n) is 0.429. The molecule has 0 amide bonds. The van der Waals surface area contributed by atoms with Crippen molar-refractivity contribution in [3.05, 3.63) is 0 Å². The first-order valence-electron chi connectivity index (χ1n) is 2.07. The van der Waals surface area contributed by atoms with Gasteiger partial charge in [0.25, 0.3) is 0 Å². The summed E-state index contributed by atoms with van der Waals surface area (Å²) in [5.41, 5.74) is 0. The van der Waals surface area contributed by atoms with Crippen LogP contribution in [-0.2, 0) is 4.18 Å². The molecule has 0 N–H and O–H groups in total. The Labute approximate surface area is 49.0 Å². The van der Waals surface area contributed by atoms with Crippen molar-refractivity contribution in [3.8, 4) is 0 Å². The van der Waals surface area contributed by atoms with Crippen LogP contribution in [0.5, 0.6) is 0 Å². The molecular weight excluding hydrogens is 110 g/mol. The van der Waals surface area contributed by atoms with Gasteiger partial charge in [0.05, 0.1) is 0 Å². The molecule has 0 rings (SSSR count). The number of hydrogen-bond acceptors (Lipinski definition) is 3. The zero-order chi connectivity index (χ0) is 5.70. The van der Waals surface area contributed by atoms with Crippen LogP contribution < -0.4 is 0 Å². The predicted octanol–water partition coefficient (Wildman–Crippen LogP) is 0.800. The van der Waals surface area contributed by atoms with E-state index in [1.54, 1.807) is 0 Å². The third kappa shape index (κ3) is 6.27.